The monoisotopic (exact) mass is 304 g/mol. The molecule has 120 valence electrons. The van der Waals surface area contributed by atoms with E-state index < -0.39 is 0 Å². The number of benzene rings is 1. The smallest absolute Gasteiger partial charge is 0.338 e. The molecule has 1 aromatic carbocycles. The van der Waals surface area contributed by atoms with Crippen molar-refractivity contribution in [2.24, 2.45) is 5.92 Å². The molecule has 0 heterocycles. The number of esters is 1. The highest BCUT2D eigenvalue weighted by molar-refractivity contribution is 5.90. The van der Waals surface area contributed by atoms with Gasteiger partial charge in [-0.05, 0) is 43.5 Å². The number of ketones is 1. The van der Waals surface area contributed by atoms with Gasteiger partial charge in [0.2, 0.25) is 0 Å². The molecule has 0 spiro atoms. The Morgan fingerprint density at radius 2 is 2.00 bits per heavy atom. The number of hydrogen-bond acceptors (Lipinski definition) is 4. The van der Waals surface area contributed by atoms with Gasteiger partial charge < -0.3 is 9.47 Å². The highest BCUT2D eigenvalue weighted by Crippen LogP contribution is 2.28. The summed E-state index contributed by atoms with van der Waals surface area (Å²) in [4.78, 5) is 24.4. The molecule has 0 N–H and O–H groups in total. The molecule has 2 atom stereocenters. The van der Waals surface area contributed by atoms with E-state index in [-0.39, 0.29) is 23.8 Å². The van der Waals surface area contributed by atoms with Crippen LogP contribution in [0.15, 0.2) is 24.3 Å². The molecule has 0 aliphatic heterocycles. The zero-order valence-corrected chi connectivity index (χ0v) is 13.3. The first-order valence-electron chi connectivity index (χ1n) is 8.03. The molecule has 0 bridgehead atoms. The second-order valence-corrected chi connectivity index (χ2v) is 5.78. The van der Waals surface area contributed by atoms with E-state index in [2.05, 4.69) is 0 Å². The van der Waals surface area contributed by atoms with Gasteiger partial charge in [0, 0.05) is 6.42 Å². The lowest BCUT2D eigenvalue weighted by atomic mass is 9.82. The van der Waals surface area contributed by atoms with Gasteiger partial charge in [0.1, 0.15) is 17.6 Å². The third-order valence-electron chi connectivity index (χ3n) is 4.21. The van der Waals surface area contributed by atoms with Gasteiger partial charge in [-0.2, -0.15) is 0 Å². The zero-order chi connectivity index (χ0) is 15.9. The van der Waals surface area contributed by atoms with Gasteiger partial charge in [-0.3, -0.25) is 4.79 Å². The number of rotatable bonds is 6. The number of Topliss-reactive ketones (excluding diaryl/α,β-unsaturated/α-hetero) is 1. The maximum Gasteiger partial charge on any atom is 0.338 e. The summed E-state index contributed by atoms with van der Waals surface area (Å²) in [5.74, 6) is 0.451. The average molecular weight is 304 g/mol. The summed E-state index contributed by atoms with van der Waals surface area (Å²) in [6, 6.07) is 6.84. The van der Waals surface area contributed by atoms with Crippen LogP contribution >= 0.6 is 0 Å². The largest absolute Gasteiger partial charge is 0.497 e. The van der Waals surface area contributed by atoms with Crippen LogP contribution in [0.25, 0.3) is 0 Å². The first kappa shape index (κ1) is 16.5. The van der Waals surface area contributed by atoms with Crippen LogP contribution in [0.1, 0.15) is 55.8 Å². The number of carbonyl (C=O) groups is 2. The standard InChI is InChI=1S/C18H24O4/c1-3-6-17(15-7-4-5-8-16(15)19)22-18(20)13-9-11-14(21-2)12-10-13/h9-12,15,17H,3-8H2,1-2H3. The lowest BCUT2D eigenvalue weighted by Gasteiger charge is -2.28. The molecule has 1 fully saturated rings. The lowest BCUT2D eigenvalue weighted by Crippen LogP contribution is -2.34. The molecule has 2 unspecified atom stereocenters. The Morgan fingerprint density at radius 1 is 1.27 bits per heavy atom. The Hall–Kier alpha value is -1.84. The SMILES string of the molecule is CCCC(OC(=O)c1ccc(OC)cc1)C1CCCCC1=O. The summed E-state index contributed by atoms with van der Waals surface area (Å²) >= 11 is 0. The second-order valence-electron chi connectivity index (χ2n) is 5.78. The van der Waals surface area contributed by atoms with Gasteiger partial charge in [-0.25, -0.2) is 4.79 Å². The van der Waals surface area contributed by atoms with Crippen LogP contribution in [0.3, 0.4) is 0 Å². The molecule has 2 rings (SSSR count). The van der Waals surface area contributed by atoms with E-state index in [1.54, 1.807) is 31.4 Å². The highest BCUT2D eigenvalue weighted by Gasteiger charge is 2.32. The van der Waals surface area contributed by atoms with Crippen molar-refractivity contribution in [1.29, 1.82) is 0 Å². The van der Waals surface area contributed by atoms with Crippen molar-refractivity contribution >= 4 is 11.8 Å². The summed E-state index contributed by atoms with van der Waals surface area (Å²) in [5.41, 5.74) is 0.491. The molecule has 4 nitrogen and oxygen atoms in total. The van der Waals surface area contributed by atoms with E-state index in [0.29, 0.717) is 17.7 Å². The van der Waals surface area contributed by atoms with Gasteiger partial charge in [0.15, 0.2) is 0 Å². The van der Waals surface area contributed by atoms with Gasteiger partial charge in [-0.1, -0.05) is 19.8 Å². The van der Waals surface area contributed by atoms with E-state index in [9.17, 15) is 9.59 Å². The number of carbonyl (C=O) groups excluding carboxylic acids is 2. The van der Waals surface area contributed by atoms with Crippen LogP contribution in [-0.2, 0) is 9.53 Å². The molecule has 1 saturated carbocycles. The second kappa shape index (κ2) is 7.97. The molecule has 0 amide bonds. The average Bonchev–Trinajstić information content (AvgIpc) is 2.55. The summed E-state index contributed by atoms with van der Waals surface area (Å²) < 4.78 is 10.7. The number of hydrogen-bond donors (Lipinski definition) is 0. The Kier molecular flexibility index (Phi) is 5.99. The Bertz CT molecular complexity index is 506. The van der Waals surface area contributed by atoms with Crippen LogP contribution in [0.4, 0.5) is 0 Å². The third-order valence-corrected chi connectivity index (χ3v) is 4.21. The molecule has 4 heteroatoms. The van der Waals surface area contributed by atoms with Crippen LogP contribution < -0.4 is 4.74 Å². The van der Waals surface area contributed by atoms with Crippen LogP contribution in [-0.4, -0.2) is 25.0 Å². The third kappa shape index (κ3) is 4.09. The van der Waals surface area contributed by atoms with E-state index in [4.69, 9.17) is 9.47 Å². The molecule has 0 radical (unpaired) electrons. The highest BCUT2D eigenvalue weighted by atomic mass is 16.5. The van der Waals surface area contributed by atoms with E-state index >= 15 is 0 Å². The fourth-order valence-corrected chi connectivity index (χ4v) is 2.96. The van der Waals surface area contributed by atoms with Crippen LogP contribution in [0.2, 0.25) is 0 Å². The number of methoxy groups -OCH3 is 1. The van der Waals surface area contributed by atoms with Crippen LogP contribution in [0, 0.1) is 5.92 Å². The topological polar surface area (TPSA) is 52.6 Å². The Morgan fingerprint density at radius 3 is 2.59 bits per heavy atom. The lowest BCUT2D eigenvalue weighted by molar-refractivity contribution is -0.128. The normalized spacial score (nSPS) is 19.5. The molecule has 22 heavy (non-hydrogen) atoms. The van der Waals surface area contributed by atoms with Crippen molar-refractivity contribution in [2.45, 2.75) is 51.6 Å². The predicted octanol–water partition coefficient (Wildman–Crippen LogP) is 3.78. The minimum atomic E-state index is -0.362. The minimum absolute atomic E-state index is 0.129. The van der Waals surface area contributed by atoms with Crippen LogP contribution in [0.5, 0.6) is 5.75 Å². The molecule has 1 aliphatic carbocycles. The molecular formula is C18H24O4. The van der Waals surface area contributed by atoms with Gasteiger partial charge in [0.05, 0.1) is 18.6 Å². The Balaban J connectivity index is 2.05. The summed E-state index contributed by atoms with van der Waals surface area (Å²) in [6.07, 6.45) is 4.78. The van der Waals surface area contributed by atoms with E-state index in [1.807, 2.05) is 6.92 Å². The molecular weight excluding hydrogens is 280 g/mol. The van der Waals surface area contributed by atoms with Crippen molar-refractivity contribution in [2.75, 3.05) is 7.11 Å². The van der Waals surface area contributed by atoms with Crippen molar-refractivity contribution in [3.05, 3.63) is 29.8 Å². The molecule has 0 aromatic heterocycles. The first-order valence-corrected chi connectivity index (χ1v) is 8.03. The van der Waals surface area contributed by atoms with Crippen molar-refractivity contribution < 1.29 is 19.1 Å². The molecule has 0 saturated heterocycles. The van der Waals surface area contributed by atoms with Crippen molar-refractivity contribution in [1.82, 2.24) is 0 Å². The maximum atomic E-state index is 12.3. The molecule has 1 aromatic rings. The van der Waals surface area contributed by atoms with E-state index in [1.165, 1.54) is 0 Å². The van der Waals surface area contributed by atoms with Crippen molar-refractivity contribution in [3.8, 4) is 5.75 Å². The summed E-state index contributed by atoms with van der Waals surface area (Å²) in [7, 11) is 1.58. The fourth-order valence-electron chi connectivity index (χ4n) is 2.96. The van der Waals surface area contributed by atoms with Gasteiger partial charge >= 0.3 is 5.97 Å². The minimum Gasteiger partial charge on any atom is -0.497 e. The maximum absolute atomic E-state index is 12.3. The number of ether oxygens (including phenoxy) is 2. The molecule has 1 aliphatic rings. The van der Waals surface area contributed by atoms with Crippen molar-refractivity contribution in [3.63, 3.8) is 0 Å². The summed E-state index contributed by atoms with van der Waals surface area (Å²) in [6.45, 7) is 2.04. The van der Waals surface area contributed by atoms with Gasteiger partial charge in [-0.15, -0.1) is 0 Å². The fraction of sp³-hybridized carbons (Fsp3) is 0.556. The Labute approximate surface area is 131 Å². The first-order chi connectivity index (χ1) is 10.7. The van der Waals surface area contributed by atoms with Gasteiger partial charge in [0.25, 0.3) is 0 Å². The van der Waals surface area contributed by atoms with E-state index in [0.717, 1.165) is 32.1 Å². The zero-order valence-electron chi connectivity index (χ0n) is 13.3. The summed E-state index contributed by atoms with van der Waals surface area (Å²) in [5, 5.41) is 0. The predicted molar refractivity (Wildman–Crippen MR) is 84.1 cm³/mol. The quantitative estimate of drug-likeness (QED) is 0.751.